The van der Waals surface area contributed by atoms with E-state index in [4.69, 9.17) is 15.3 Å². The number of carboxylic acids is 1. The molecule has 4 N–H and O–H groups in total. The molecule has 6 heteroatoms. The number of carboxylic acid groups (broad SMARTS) is 1. The number of hydrogen-bond donors (Lipinski definition) is 4. The number of aliphatic hydroxyl groups is 2. The van der Waals surface area contributed by atoms with Gasteiger partial charge in [0.15, 0.2) is 0 Å². The third-order valence-electron chi connectivity index (χ3n) is 2.35. The Bertz CT molecular complexity index is 418. The minimum Gasteiger partial charge on any atom is -0.478 e. The van der Waals surface area contributed by atoms with Crippen molar-refractivity contribution in [2.24, 2.45) is 0 Å². The van der Waals surface area contributed by atoms with Crippen molar-refractivity contribution in [2.45, 2.75) is 12.5 Å². The molecular formula is C11H14BrNO4. The minimum absolute atomic E-state index is 0.164. The Balaban J connectivity index is 2.97. The quantitative estimate of drug-likeness (QED) is 0.658. The van der Waals surface area contributed by atoms with Crippen LogP contribution in [0.25, 0.3) is 0 Å². The first kappa shape index (κ1) is 14.0. The highest BCUT2D eigenvalue weighted by Crippen LogP contribution is 2.26. The second-order valence-electron chi connectivity index (χ2n) is 4.00. The molecule has 0 fully saturated rings. The minimum atomic E-state index is -1.01. The predicted octanol–water partition coefficient (Wildman–Crippen LogP) is 1.30. The highest BCUT2D eigenvalue weighted by molar-refractivity contribution is 9.10. The summed E-state index contributed by atoms with van der Waals surface area (Å²) >= 11 is 3.24. The molecule has 1 aromatic rings. The number of aromatic carboxylic acids is 1. The van der Waals surface area contributed by atoms with Crippen molar-refractivity contribution < 1.29 is 20.1 Å². The van der Waals surface area contributed by atoms with Crippen LogP contribution in [-0.2, 0) is 0 Å². The van der Waals surface area contributed by atoms with Crippen LogP contribution in [0.2, 0.25) is 0 Å². The van der Waals surface area contributed by atoms with E-state index < -0.39 is 11.5 Å². The summed E-state index contributed by atoms with van der Waals surface area (Å²) in [7, 11) is 0. The lowest BCUT2D eigenvalue weighted by atomic mass is 10.0. The summed E-state index contributed by atoms with van der Waals surface area (Å²) in [6.07, 6.45) is 0. The number of rotatable bonds is 5. The first-order valence-corrected chi connectivity index (χ1v) is 5.74. The second kappa shape index (κ2) is 5.48. The van der Waals surface area contributed by atoms with Crippen molar-refractivity contribution in [3.05, 3.63) is 28.2 Å². The van der Waals surface area contributed by atoms with Gasteiger partial charge in [-0.2, -0.15) is 0 Å². The van der Waals surface area contributed by atoms with Crippen LogP contribution in [0.4, 0.5) is 5.69 Å². The molecule has 94 valence electrons. The van der Waals surface area contributed by atoms with Gasteiger partial charge in [0.05, 0.1) is 24.3 Å². The molecule has 0 heterocycles. The van der Waals surface area contributed by atoms with Gasteiger partial charge in [-0.3, -0.25) is 0 Å². The van der Waals surface area contributed by atoms with E-state index in [1.165, 1.54) is 12.1 Å². The van der Waals surface area contributed by atoms with E-state index in [2.05, 4.69) is 21.2 Å². The van der Waals surface area contributed by atoms with Gasteiger partial charge in [0.25, 0.3) is 0 Å². The van der Waals surface area contributed by atoms with Crippen LogP contribution in [0.15, 0.2) is 22.7 Å². The molecule has 0 bridgehead atoms. The fraction of sp³-hybridized carbons (Fsp3) is 0.364. The van der Waals surface area contributed by atoms with Crippen molar-refractivity contribution in [2.75, 3.05) is 18.5 Å². The molecule has 0 saturated carbocycles. The molecule has 0 aliphatic carbocycles. The van der Waals surface area contributed by atoms with Gasteiger partial charge in [0.2, 0.25) is 0 Å². The molecule has 1 rings (SSSR count). The van der Waals surface area contributed by atoms with Gasteiger partial charge < -0.3 is 20.6 Å². The second-order valence-corrected chi connectivity index (χ2v) is 4.86. The van der Waals surface area contributed by atoms with Crippen molar-refractivity contribution in [3.8, 4) is 0 Å². The van der Waals surface area contributed by atoms with Gasteiger partial charge in [-0.1, -0.05) is 0 Å². The van der Waals surface area contributed by atoms with Crippen LogP contribution in [0.3, 0.4) is 0 Å². The van der Waals surface area contributed by atoms with Crippen molar-refractivity contribution in [1.29, 1.82) is 0 Å². The van der Waals surface area contributed by atoms with Gasteiger partial charge in [-0.05, 0) is 41.1 Å². The largest absolute Gasteiger partial charge is 0.478 e. The van der Waals surface area contributed by atoms with E-state index in [1.54, 1.807) is 13.0 Å². The highest BCUT2D eigenvalue weighted by atomic mass is 79.9. The van der Waals surface area contributed by atoms with Crippen LogP contribution in [0, 0.1) is 0 Å². The van der Waals surface area contributed by atoms with E-state index in [9.17, 15) is 4.79 Å². The summed E-state index contributed by atoms with van der Waals surface area (Å²) in [5.41, 5.74) is -0.0782. The molecule has 1 aromatic carbocycles. The van der Waals surface area contributed by atoms with Crippen molar-refractivity contribution >= 4 is 27.6 Å². The number of anilines is 1. The summed E-state index contributed by atoms with van der Waals surface area (Å²) in [5, 5.41) is 30.0. The average Bonchev–Trinajstić information content (AvgIpc) is 2.31. The maximum Gasteiger partial charge on any atom is 0.335 e. The molecule has 0 spiro atoms. The molecule has 0 atom stereocenters. The van der Waals surface area contributed by atoms with Crippen LogP contribution in [0.5, 0.6) is 0 Å². The molecule has 0 aliphatic heterocycles. The standard InChI is InChI=1S/C11H14BrNO4/c1-11(5-14,6-15)13-9-3-2-7(10(16)17)4-8(9)12/h2-4,13-15H,5-6H2,1H3,(H,16,17). The van der Waals surface area contributed by atoms with Crippen LogP contribution >= 0.6 is 15.9 Å². The molecule has 0 unspecified atom stereocenters. The molecule has 0 aromatic heterocycles. The van der Waals surface area contributed by atoms with Crippen LogP contribution in [0.1, 0.15) is 17.3 Å². The van der Waals surface area contributed by atoms with E-state index in [1.807, 2.05) is 0 Å². The number of hydrogen-bond acceptors (Lipinski definition) is 4. The lowest BCUT2D eigenvalue weighted by Crippen LogP contribution is -2.42. The zero-order valence-corrected chi connectivity index (χ0v) is 10.9. The van der Waals surface area contributed by atoms with Gasteiger partial charge in [-0.25, -0.2) is 4.79 Å². The van der Waals surface area contributed by atoms with Gasteiger partial charge in [-0.15, -0.1) is 0 Å². The molecule has 0 amide bonds. The zero-order chi connectivity index (χ0) is 13.1. The molecule has 0 saturated heterocycles. The van der Waals surface area contributed by atoms with Crippen LogP contribution < -0.4 is 5.32 Å². The summed E-state index contributed by atoms with van der Waals surface area (Å²) in [6.45, 7) is 1.18. The Kier molecular flexibility index (Phi) is 4.50. The molecule has 0 aliphatic rings. The summed E-state index contributed by atoms with van der Waals surface area (Å²) in [5.74, 6) is -1.01. The highest BCUT2D eigenvalue weighted by Gasteiger charge is 2.22. The van der Waals surface area contributed by atoms with Gasteiger partial charge in [0.1, 0.15) is 0 Å². The van der Waals surface area contributed by atoms with E-state index in [0.717, 1.165) is 0 Å². The smallest absolute Gasteiger partial charge is 0.335 e. The number of nitrogens with one attached hydrogen (secondary N) is 1. The Morgan fingerprint density at radius 2 is 2.00 bits per heavy atom. The Morgan fingerprint density at radius 3 is 2.41 bits per heavy atom. The first-order chi connectivity index (χ1) is 7.91. The SMILES string of the molecule is CC(CO)(CO)Nc1ccc(C(=O)O)cc1Br. The zero-order valence-electron chi connectivity index (χ0n) is 9.27. The van der Waals surface area contributed by atoms with Crippen LogP contribution in [-0.4, -0.2) is 40.0 Å². The van der Waals surface area contributed by atoms with E-state index in [-0.39, 0.29) is 18.8 Å². The number of aliphatic hydroxyl groups excluding tert-OH is 2. The van der Waals surface area contributed by atoms with Crippen molar-refractivity contribution in [3.63, 3.8) is 0 Å². The van der Waals surface area contributed by atoms with E-state index >= 15 is 0 Å². The topological polar surface area (TPSA) is 89.8 Å². The van der Waals surface area contributed by atoms with Gasteiger partial charge in [0, 0.05) is 10.2 Å². The predicted molar refractivity (Wildman–Crippen MR) is 67.3 cm³/mol. The number of halogens is 1. The van der Waals surface area contributed by atoms with E-state index in [0.29, 0.717) is 10.2 Å². The Labute approximate surface area is 107 Å². The maximum absolute atomic E-state index is 10.7. The fourth-order valence-corrected chi connectivity index (χ4v) is 1.68. The third kappa shape index (κ3) is 3.42. The molecular weight excluding hydrogens is 290 g/mol. The lowest BCUT2D eigenvalue weighted by Gasteiger charge is -2.28. The Hall–Kier alpha value is -1.11. The lowest BCUT2D eigenvalue weighted by molar-refractivity contribution is 0.0697. The van der Waals surface area contributed by atoms with Gasteiger partial charge >= 0.3 is 5.97 Å². The third-order valence-corrected chi connectivity index (χ3v) is 3.01. The average molecular weight is 304 g/mol. The molecule has 0 radical (unpaired) electrons. The monoisotopic (exact) mass is 303 g/mol. The molecule has 5 nitrogen and oxygen atoms in total. The maximum atomic E-state index is 10.7. The summed E-state index contributed by atoms with van der Waals surface area (Å²) in [4.78, 5) is 10.7. The molecule has 17 heavy (non-hydrogen) atoms. The van der Waals surface area contributed by atoms with Crippen molar-refractivity contribution in [1.82, 2.24) is 0 Å². The normalized spacial score (nSPS) is 11.3. The number of benzene rings is 1. The summed E-state index contributed by atoms with van der Waals surface area (Å²) < 4.78 is 0.561. The first-order valence-electron chi connectivity index (χ1n) is 4.94. The number of carbonyl (C=O) groups is 1. The Morgan fingerprint density at radius 1 is 1.41 bits per heavy atom. The summed E-state index contributed by atoms with van der Waals surface area (Å²) in [6, 6.07) is 4.49. The fourth-order valence-electron chi connectivity index (χ4n) is 1.20.